The van der Waals surface area contributed by atoms with Crippen LogP contribution in [0.15, 0.2) is 24.3 Å². The monoisotopic (exact) mass is 253 g/mol. The molecule has 1 aliphatic rings. The van der Waals surface area contributed by atoms with E-state index in [-0.39, 0.29) is 11.3 Å². The minimum absolute atomic E-state index is 0.0281. The van der Waals surface area contributed by atoms with Crippen LogP contribution in [0.25, 0.3) is 0 Å². The van der Waals surface area contributed by atoms with Gasteiger partial charge in [0.2, 0.25) is 5.91 Å². The zero-order chi connectivity index (χ0) is 12.3. The summed E-state index contributed by atoms with van der Waals surface area (Å²) >= 11 is 5.86. The quantitative estimate of drug-likeness (QED) is 0.892. The topological polar surface area (TPSA) is 38.3 Å². The maximum atomic E-state index is 11.7. The molecule has 0 unspecified atom stereocenters. The van der Waals surface area contributed by atoms with Crippen molar-refractivity contribution < 1.29 is 9.53 Å². The second-order valence-electron chi connectivity index (χ2n) is 4.89. The molecule has 0 aromatic heterocycles. The van der Waals surface area contributed by atoms with E-state index in [9.17, 15) is 4.79 Å². The lowest BCUT2D eigenvalue weighted by Crippen LogP contribution is -2.48. The highest BCUT2D eigenvalue weighted by Crippen LogP contribution is 2.25. The summed E-state index contributed by atoms with van der Waals surface area (Å²) in [6.07, 6.45) is 0.373. The van der Waals surface area contributed by atoms with Gasteiger partial charge in [-0.3, -0.25) is 4.79 Å². The minimum Gasteiger partial charge on any atom is -0.380 e. The van der Waals surface area contributed by atoms with Crippen molar-refractivity contribution in [1.82, 2.24) is 5.32 Å². The SMILES string of the molecule is CC1(CNC(=O)Cc2cccc(Cl)c2)COC1. The lowest BCUT2D eigenvalue weighted by Gasteiger charge is -2.38. The molecule has 0 aliphatic carbocycles. The van der Waals surface area contributed by atoms with E-state index in [2.05, 4.69) is 12.2 Å². The van der Waals surface area contributed by atoms with Crippen molar-refractivity contribution in [3.63, 3.8) is 0 Å². The summed E-state index contributed by atoms with van der Waals surface area (Å²) in [6, 6.07) is 7.37. The molecule has 0 spiro atoms. The summed E-state index contributed by atoms with van der Waals surface area (Å²) in [5.74, 6) is 0.0281. The molecule has 92 valence electrons. The average molecular weight is 254 g/mol. The second kappa shape index (κ2) is 5.07. The Morgan fingerprint density at radius 1 is 1.53 bits per heavy atom. The molecule has 4 heteroatoms. The summed E-state index contributed by atoms with van der Waals surface area (Å²) in [5, 5.41) is 3.59. The van der Waals surface area contributed by atoms with Crippen LogP contribution >= 0.6 is 11.6 Å². The molecule has 0 radical (unpaired) electrons. The largest absolute Gasteiger partial charge is 0.380 e. The van der Waals surface area contributed by atoms with Crippen LogP contribution in [0.5, 0.6) is 0 Å². The van der Waals surface area contributed by atoms with Gasteiger partial charge in [0.25, 0.3) is 0 Å². The summed E-state index contributed by atoms with van der Waals surface area (Å²) in [5.41, 5.74) is 1.05. The van der Waals surface area contributed by atoms with Gasteiger partial charge in [-0.05, 0) is 17.7 Å². The molecule has 3 nitrogen and oxygen atoms in total. The van der Waals surface area contributed by atoms with Crippen molar-refractivity contribution in [2.75, 3.05) is 19.8 Å². The van der Waals surface area contributed by atoms with E-state index in [1.807, 2.05) is 18.2 Å². The van der Waals surface area contributed by atoms with Crippen LogP contribution in [0.3, 0.4) is 0 Å². The lowest BCUT2D eigenvalue weighted by molar-refractivity contribution is -0.126. The van der Waals surface area contributed by atoms with E-state index in [1.54, 1.807) is 6.07 Å². The summed E-state index contributed by atoms with van der Waals surface area (Å²) in [6.45, 7) is 4.23. The predicted octanol–water partition coefficient (Wildman–Crippen LogP) is 2.04. The summed E-state index contributed by atoms with van der Waals surface area (Å²) < 4.78 is 5.14. The first-order valence-corrected chi connectivity index (χ1v) is 6.04. The number of benzene rings is 1. The van der Waals surface area contributed by atoms with E-state index in [4.69, 9.17) is 16.3 Å². The fourth-order valence-corrected chi connectivity index (χ4v) is 1.97. The van der Waals surface area contributed by atoms with E-state index in [1.165, 1.54) is 0 Å². The highest BCUT2D eigenvalue weighted by molar-refractivity contribution is 6.30. The molecule has 1 saturated heterocycles. The molecule has 0 bridgehead atoms. The Bertz CT molecular complexity index is 416. The molecule has 1 amide bonds. The third-order valence-electron chi connectivity index (χ3n) is 2.87. The molecule has 0 saturated carbocycles. The van der Waals surface area contributed by atoms with Gasteiger partial charge in [0.15, 0.2) is 0 Å². The van der Waals surface area contributed by atoms with E-state index in [0.29, 0.717) is 18.0 Å². The zero-order valence-electron chi connectivity index (χ0n) is 9.83. The van der Waals surface area contributed by atoms with Crippen molar-refractivity contribution in [2.24, 2.45) is 5.41 Å². The smallest absolute Gasteiger partial charge is 0.224 e. The highest BCUT2D eigenvalue weighted by Gasteiger charge is 2.33. The molecule has 1 N–H and O–H groups in total. The molecule has 0 atom stereocenters. The van der Waals surface area contributed by atoms with Crippen LogP contribution < -0.4 is 5.32 Å². The Kier molecular flexibility index (Phi) is 3.69. The van der Waals surface area contributed by atoms with Crippen LogP contribution in [0.4, 0.5) is 0 Å². The van der Waals surface area contributed by atoms with Gasteiger partial charge in [-0.15, -0.1) is 0 Å². The van der Waals surface area contributed by atoms with Gasteiger partial charge in [-0.25, -0.2) is 0 Å². The fourth-order valence-electron chi connectivity index (χ4n) is 1.76. The van der Waals surface area contributed by atoms with Gasteiger partial charge in [0.1, 0.15) is 0 Å². The number of halogens is 1. The first-order chi connectivity index (χ1) is 8.07. The maximum absolute atomic E-state index is 11.7. The van der Waals surface area contributed by atoms with Gasteiger partial charge in [0.05, 0.1) is 19.6 Å². The number of nitrogens with one attached hydrogen (secondary N) is 1. The summed E-state index contributed by atoms with van der Waals surface area (Å²) in [4.78, 5) is 11.7. The molecule has 2 rings (SSSR count). The van der Waals surface area contributed by atoms with Crippen LogP contribution in [0, 0.1) is 5.41 Å². The number of hydrogen-bond acceptors (Lipinski definition) is 2. The first kappa shape index (κ1) is 12.4. The fraction of sp³-hybridized carbons (Fsp3) is 0.462. The van der Waals surface area contributed by atoms with Crippen molar-refractivity contribution in [1.29, 1.82) is 0 Å². The molecule has 17 heavy (non-hydrogen) atoms. The van der Waals surface area contributed by atoms with E-state index in [0.717, 1.165) is 18.8 Å². The van der Waals surface area contributed by atoms with E-state index < -0.39 is 0 Å². The lowest BCUT2D eigenvalue weighted by atomic mass is 9.89. The minimum atomic E-state index is 0.0281. The molecule has 1 heterocycles. The van der Waals surface area contributed by atoms with Gasteiger partial charge in [0, 0.05) is 17.0 Å². The molecule has 1 aromatic carbocycles. The van der Waals surface area contributed by atoms with Crippen molar-refractivity contribution in [3.8, 4) is 0 Å². The highest BCUT2D eigenvalue weighted by atomic mass is 35.5. The number of rotatable bonds is 4. The Hall–Kier alpha value is -1.06. The second-order valence-corrected chi connectivity index (χ2v) is 5.32. The van der Waals surface area contributed by atoms with E-state index >= 15 is 0 Å². The Morgan fingerprint density at radius 2 is 2.29 bits per heavy atom. The van der Waals surface area contributed by atoms with Gasteiger partial charge < -0.3 is 10.1 Å². The Labute approximate surface area is 106 Å². The molecule has 1 aromatic rings. The van der Waals surface area contributed by atoms with Crippen molar-refractivity contribution in [3.05, 3.63) is 34.9 Å². The first-order valence-electron chi connectivity index (χ1n) is 5.66. The van der Waals surface area contributed by atoms with Gasteiger partial charge in [-0.1, -0.05) is 30.7 Å². The zero-order valence-corrected chi connectivity index (χ0v) is 10.6. The van der Waals surface area contributed by atoms with Crippen molar-refractivity contribution in [2.45, 2.75) is 13.3 Å². The molecule has 1 aliphatic heterocycles. The van der Waals surface area contributed by atoms with Gasteiger partial charge in [-0.2, -0.15) is 0 Å². The third-order valence-corrected chi connectivity index (χ3v) is 3.10. The summed E-state index contributed by atoms with van der Waals surface area (Å²) in [7, 11) is 0. The van der Waals surface area contributed by atoms with Crippen LogP contribution in [0.2, 0.25) is 5.02 Å². The molecular formula is C13H16ClNO2. The number of carbonyl (C=O) groups is 1. The standard InChI is InChI=1S/C13H16ClNO2/c1-13(8-17-9-13)7-15-12(16)6-10-3-2-4-11(14)5-10/h2-5H,6-9H2,1H3,(H,15,16). The number of carbonyl (C=O) groups excluding carboxylic acids is 1. The van der Waals surface area contributed by atoms with Crippen LogP contribution in [0.1, 0.15) is 12.5 Å². The molecule has 1 fully saturated rings. The van der Waals surface area contributed by atoms with Gasteiger partial charge >= 0.3 is 0 Å². The number of amides is 1. The average Bonchev–Trinajstić information content (AvgIpc) is 2.24. The van der Waals surface area contributed by atoms with Crippen molar-refractivity contribution >= 4 is 17.5 Å². The maximum Gasteiger partial charge on any atom is 0.224 e. The predicted molar refractivity (Wildman–Crippen MR) is 67.1 cm³/mol. The Balaban J connectivity index is 1.81. The van der Waals surface area contributed by atoms with Crippen LogP contribution in [-0.2, 0) is 16.0 Å². The van der Waals surface area contributed by atoms with Crippen LogP contribution in [-0.4, -0.2) is 25.7 Å². The number of ether oxygens (including phenoxy) is 1. The number of hydrogen-bond donors (Lipinski definition) is 1. The normalized spacial score (nSPS) is 17.3. The Morgan fingerprint density at radius 3 is 2.88 bits per heavy atom. The third kappa shape index (κ3) is 3.45. The molecular weight excluding hydrogens is 238 g/mol.